The van der Waals surface area contributed by atoms with Crippen molar-refractivity contribution in [1.29, 1.82) is 0 Å². The van der Waals surface area contributed by atoms with Crippen LogP contribution in [0.1, 0.15) is 16.1 Å². The highest BCUT2D eigenvalue weighted by Crippen LogP contribution is 2.13. The molecule has 0 fully saturated rings. The number of hydrogen-bond acceptors (Lipinski definition) is 7. The number of furan rings is 1. The second kappa shape index (κ2) is 7.45. The first-order chi connectivity index (χ1) is 11.1. The first-order valence-electron chi connectivity index (χ1n) is 6.30. The van der Waals surface area contributed by atoms with Crippen molar-refractivity contribution in [3.05, 3.63) is 58.1 Å². The maximum atomic E-state index is 11.7. The van der Waals surface area contributed by atoms with Crippen LogP contribution in [0.5, 0.6) is 0 Å². The van der Waals surface area contributed by atoms with Crippen molar-refractivity contribution in [3.63, 3.8) is 0 Å². The molecule has 0 aliphatic heterocycles. The van der Waals surface area contributed by atoms with Crippen LogP contribution in [0.3, 0.4) is 0 Å². The van der Waals surface area contributed by atoms with E-state index in [1.165, 1.54) is 18.5 Å². The van der Waals surface area contributed by atoms with Gasteiger partial charge < -0.3 is 9.73 Å². The molecule has 0 aliphatic rings. The van der Waals surface area contributed by atoms with E-state index < -0.39 is 22.6 Å². The largest absolute Gasteiger partial charge is 0.433 e. The molecule has 2 aromatic rings. The van der Waals surface area contributed by atoms with Crippen LogP contribution in [0.15, 0.2) is 46.2 Å². The Balaban J connectivity index is 1.77. The van der Waals surface area contributed by atoms with Crippen LogP contribution >= 0.6 is 0 Å². The van der Waals surface area contributed by atoms with E-state index in [1.807, 2.05) is 0 Å². The molecule has 0 saturated carbocycles. The number of hydrazone groups is 1. The van der Waals surface area contributed by atoms with Gasteiger partial charge in [-0.05, 0) is 18.2 Å². The molecule has 0 aromatic carbocycles. The first kappa shape index (κ1) is 15.8. The lowest BCUT2D eigenvalue weighted by Crippen LogP contribution is -2.34. The minimum absolute atomic E-state index is 0.108. The van der Waals surface area contributed by atoms with Crippen molar-refractivity contribution < 1.29 is 18.9 Å². The van der Waals surface area contributed by atoms with E-state index in [0.29, 0.717) is 5.56 Å². The van der Waals surface area contributed by atoms with Gasteiger partial charge in [-0.3, -0.25) is 24.7 Å². The Morgan fingerprint density at radius 1 is 1.39 bits per heavy atom. The Hall–Kier alpha value is -3.56. The molecule has 0 aliphatic carbocycles. The van der Waals surface area contributed by atoms with Gasteiger partial charge in [-0.2, -0.15) is 5.10 Å². The fourth-order valence-corrected chi connectivity index (χ4v) is 1.48. The van der Waals surface area contributed by atoms with Crippen LogP contribution in [-0.2, 0) is 4.79 Å². The third-order valence-corrected chi connectivity index (χ3v) is 2.51. The highest BCUT2D eigenvalue weighted by Gasteiger charge is 2.10. The number of carbonyl (C=O) groups is 2. The molecule has 0 saturated heterocycles. The summed E-state index contributed by atoms with van der Waals surface area (Å²) < 4.78 is 4.81. The average Bonchev–Trinajstić information content (AvgIpc) is 3.02. The third-order valence-electron chi connectivity index (χ3n) is 2.51. The van der Waals surface area contributed by atoms with Crippen LogP contribution in [0.25, 0.3) is 0 Å². The summed E-state index contributed by atoms with van der Waals surface area (Å²) in [5.74, 6) is -1.34. The lowest BCUT2D eigenvalue weighted by Gasteiger charge is -2.03. The van der Waals surface area contributed by atoms with Gasteiger partial charge in [-0.25, -0.2) is 5.43 Å². The van der Waals surface area contributed by atoms with Crippen LogP contribution in [0.4, 0.5) is 5.88 Å². The summed E-state index contributed by atoms with van der Waals surface area (Å²) in [6, 6.07) is 5.65. The number of nitrogens with zero attached hydrogens (tertiary/aromatic N) is 3. The summed E-state index contributed by atoms with van der Waals surface area (Å²) in [6.07, 6.45) is 4.00. The monoisotopic (exact) mass is 317 g/mol. The molecule has 2 N–H and O–H groups in total. The average molecular weight is 317 g/mol. The zero-order valence-electron chi connectivity index (χ0n) is 11.6. The number of nitro groups is 1. The summed E-state index contributed by atoms with van der Waals surface area (Å²) in [5, 5.41) is 16.4. The molecular formula is C13H11N5O5. The van der Waals surface area contributed by atoms with E-state index in [1.54, 1.807) is 12.1 Å². The molecule has 0 atom stereocenters. The minimum Gasteiger partial charge on any atom is -0.400 e. The van der Waals surface area contributed by atoms with Gasteiger partial charge in [0, 0.05) is 12.4 Å². The van der Waals surface area contributed by atoms with Crippen molar-refractivity contribution in [2.45, 2.75) is 0 Å². The Bertz CT molecular complexity index is 740. The molecule has 2 heterocycles. The molecule has 0 bridgehead atoms. The van der Waals surface area contributed by atoms with Gasteiger partial charge in [-0.1, -0.05) is 0 Å². The number of aromatic nitrogens is 1. The first-order valence-corrected chi connectivity index (χ1v) is 6.30. The normalized spacial score (nSPS) is 10.4. The van der Waals surface area contributed by atoms with Gasteiger partial charge in [0.2, 0.25) is 0 Å². The zero-order chi connectivity index (χ0) is 16.7. The van der Waals surface area contributed by atoms with Gasteiger partial charge in [0.05, 0.1) is 24.4 Å². The molecule has 10 nitrogen and oxygen atoms in total. The van der Waals surface area contributed by atoms with E-state index in [9.17, 15) is 19.7 Å². The van der Waals surface area contributed by atoms with Gasteiger partial charge >= 0.3 is 5.88 Å². The van der Waals surface area contributed by atoms with E-state index in [0.717, 1.165) is 12.3 Å². The number of hydrogen-bond donors (Lipinski definition) is 2. The van der Waals surface area contributed by atoms with Crippen LogP contribution in [0.2, 0.25) is 0 Å². The van der Waals surface area contributed by atoms with E-state index in [2.05, 4.69) is 20.8 Å². The molecule has 0 radical (unpaired) electrons. The molecular weight excluding hydrogens is 306 g/mol. The summed E-state index contributed by atoms with van der Waals surface area (Å²) in [6.45, 7) is -0.288. The summed E-state index contributed by atoms with van der Waals surface area (Å²) in [7, 11) is 0. The SMILES string of the molecule is O=C(CNC(=O)c1cccnc1)N/N=C/c1ccc([N+](=O)[O-])o1. The third kappa shape index (κ3) is 4.74. The topological polar surface area (TPSA) is 140 Å². The number of nitrogens with one attached hydrogen (secondary N) is 2. The number of carbonyl (C=O) groups excluding carboxylic acids is 2. The predicted octanol–water partition coefficient (Wildman–Crippen LogP) is 0.463. The number of pyridine rings is 1. The second-order valence-corrected chi connectivity index (χ2v) is 4.15. The molecule has 10 heteroatoms. The van der Waals surface area contributed by atoms with Gasteiger partial charge in [0.1, 0.15) is 4.92 Å². The molecule has 23 heavy (non-hydrogen) atoms. The second-order valence-electron chi connectivity index (χ2n) is 4.15. The number of amides is 2. The maximum absolute atomic E-state index is 11.7. The van der Waals surface area contributed by atoms with E-state index in [-0.39, 0.29) is 12.3 Å². The Morgan fingerprint density at radius 2 is 2.22 bits per heavy atom. The molecule has 0 spiro atoms. The molecule has 118 valence electrons. The van der Waals surface area contributed by atoms with Gasteiger partial charge in [0.25, 0.3) is 11.8 Å². The molecule has 2 aromatic heterocycles. The van der Waals surface area contributed by atoms with Crippen molar-refractivity contribution in [1.82, 2.24) is 15.7 Å². The standard InChI is InChI=1S/C13H11N5O5/c19-11(8-15-13(20)9-2-1-5-14-6-9)17-16-7-10-3-4-12(23-10)18(21)22/h1-7H,8H2,(H,15,20)(H,17,19)/b16-7+. The van der Waals surface area contributed by atoms with Crippen LogP contribution in [-0.4, -0.2) is 34.5 Å². The van der Waals surface area contributed by atoms with Crippen molar-refractivity contribution in [3.8, 4) is 0 Å². The number of rotatable bonds is 6. The van der Waals surface area contributed by atoms with E-state index >= 15 is 0 Å². The molecule has 0 unspecified atom stereocenters. The fraction of sp³-hybridized carbons (Fsp3) is 0.0769. The van der Waals surface area contributed by atoms with E-state index in [4.69, 9.17) is 4.42 Å². The smallest absolute Gasteiger partial charge is 0.400 e. The summed E-state index contributed by atoms with van der Waals surface area (Å²) in [4.78, 5) is 36.7. The highest BCUT2D eigenvalue weighted by molar-refractivity contribution is 5.96. The van der Waals surface area contributed by atoms with Crippen molar-refractivity contribution in [2.75, 3.05) is 6.54 Å². The Morgan fingerprint density at radius 3 is 2.87 bits per heavy atom. The van der Waals surface area contributed by atoms with Crippen molar-refractivity contribution >= 4 is 23.9 Å². The Kier molecular flexibility index (Phi) is 5.12. The zero-order valence-corrected chi connectivity index (χ0v) is 11.6. The fourth-order valence-electron chi connectivity index (χ4n) is 1.48. The summed E-state index contributed by atoms with van der Waals surface area (Å²) >= 11 is 0. The Labute approximate surface area is 129 Å². The lowest BCUT2D eigenvalue weighted by atomic mass is 10.3. The molecule has 2 rings (SSSR count). The van der Waals surface area contributed by atoms with Gasteiger partial charge in [-0.15, -0.1) is 0 Å². The lowest BCUT2D eigenvalue weighted by molar-refractivity contribution is -0.402. The van der Waals surface area contributed by atoms with Gasteiger partial charge in [0.15, 0.2) is 5.76 Å². The van der Waals surface area contributed by atoms with Crippen LogP contribution in [0, 0.1) is 10.1 Å². The van der Waals surface area contributed by atoms with Crippen LogP contribution < -0.4 is 10.7 Å². The summed E-state index contributed by atoms with van der Waals surface area (Å²) in [5.41, 5.74) is 2.47. The maximum Gasteiger partial charge on any atom is 0.433 e. The quantitative estimate of drug-likeness (QED) is 0.450. The van der Waals surface area contributed by atoms with Crippen molar-refractivity contribution in [2.24, 2.45) is 5.10 Å². The highest BCUT2D eigenvalue weighted by atomic mass is 16.6. The molecule has 2 amide bonds. The minimum atomic E-state index is -0.691. The predicted molar refractivity (Wildman–Crippen MR) is 77.7 cm³/mol.